The SMILES string of the molecule is COC(=O)c1ccc(NC2CCc3cc4nc(C)n(OC(=O)C(C)(C)C)c(=O)c4c(C)c32)cn1. The quantitative estimate of drug-likeness (QED) is 0.586. The van der Waals surface area contributed by atoms with Crippen molar-refractivity contribution in [3.8, 4) is 0 Å². The number of fused-ring (bicyclic) bond motifs is 2. The molecule has 2 heterocycles. The van der Waals surface area contributed by atoms with Crippen molar-refractivity contribution in [1.29, 1.82) is 0 Å². The summed E-state index contributed by atoms with van der Waals surface area (Å²) in [6, 6.07) is 5.28. The lowest BCUT2D eigenvalue weighted by molar-refractivity contribution is -0.154. The van der Waals surface area contributed by atoms with Crippen LogP contribution in [0, 0.1) is 19.3 Å². The molecule has 1 aliphatic carbocycles. The standard InChI is InChI=1S/C25H28N4O5/c1-13-20-15(7-9-17(20)28-16-8-10-18(26-12-16)23(31)33-6)11-19-21(13)22(30)29(14(2)27-19)34-24(32)25(3,4)5/h8,10-12,17,28H,7,9H2,1-6H3. The van der Waals surface area contributed by atoms with Crippen molar-refractivity contribution in [3.05, 3.63) is 63.0 Å². The van der Waals surface area contributed by atoms with Gasteiger partial charge in [0.1, 0.15) is 11.5 Å². The summed E-state index contributed by atoms with van der Waals surface area (Å²) in [5.41, 5.74) is 3.36. The molecule has 0 bridgehead atoms. The van der Waals surface area contributed by atoms with Crippen LogP contribution >= 0.6 is 0 Å². The zero-order valence-corrected chi connectivity index (χ0v) is 20.2. The molecule has 0 fully saturated rings. The van der Waals surface area contributed by atoms with Crippen molar-refractivity contribution in [2.45, 2.75) is 53.5 Å². The van der Waals surface area contributed by atoms with Gasteiger partial charge in [-0.05, 0) is 82.3 Å². The number of rotatable bonds is 4. The van der Waals surface area contributed by atoms with Gasteiger partial charge in [-0.2, -0.15) is 0 Å². The lowest BCUT2D eigenvalue weighted by Crippen LogP contribution is -2.38. The van der Waals surface area contributed by atoms with Crippen molar-refractivity contribution in [2.75, 3.05) is 12.4 Å². The topological polar surface area (TPSA) is 112 Å². The van der Waals surface area contributed by atoms with Gasteiger partial charge in [0, 0.05) is 0 Å². The number of aryl methyl sites for hydroxylation is 3. The molecular formula is C25H28N4O5. The first-order chi connectivity index (χ1) is 16.0. The maximum atomic E-state index is 13.4. The Morgan fingerprint density at radius 2 is 1.94 bits per heavy atom. The number of hydrogen-bond acceptors (Lipinski definition) is 8. The van der Waals surface area contributed by atoms with E-state index >= 15 is 0 Å². The Hall–Kier alpha value is -3.75. The van der Waals surface area contributed by atoms with Gasteiger partial charge in [-0.3, -0.25) is 4.79 Å². The molecule has 1 atom stereocenters. The fourth-order valence-electron chi connectivity index (χ4n) is 4.22. The molecule has 4 rings (SSSR count). The average Bonchev–Trinajstić information content (AvgIpc) is 3.18. The third-order valence-corrected chi connectivity index (χ3v) is 6.00. The zero-order chi connectivity index (χ0) is 24.8. The molecule has 178 valence electrons. The summed E-state index contributed by atoms with van der Waals surface area (Å²) in [6.45, 7) is 8.73. The molecule has 9 heteroatoms. The molecule has 0 spiro atoms. The normalized spacial score (nSPS) is 15.2. The minimum atomic E-state index is -0.764. The monoisotopic (exact) mass is 464 g/mol. The number of nitrogens with one attached hydrogen (secondary N) is 1. The highest BCUT2D eigenvalue weighted by molar-refractivity contribution is 5.87. The lowest BCUT2D eigenvalue weighted by atomic mass is 9.97. The summed E-state index contributed by atoms with van der Waals surface area (Å²) in [4.78, 5) is 51.6. The van der Waals surface area contributed by atoms with Gasteiger partial charge in [-0.15, -0.1) is 4.73 Å². The third kappa shape index (κ3) is 4.13. The predicted octanol–water partition coefficient (Wildman–Crippen LogP) is 3.30. The summed E-state index contributed by atoms with van der Waals surface area (Å²) in [7, 11) is 1.31. The largest absolute Gasteiger partial charge is 0.464 e. The summed E-state index contributed by atoms with van der Waals surface area (Å²) < 4.78 is 5.68. The molecule has 1 aliphatic rings. The highest BCUT2D eigenvalue weighted by atomic mass is 16.7. The van der Waals surface area contributed by atoms with Gasteiger partial charge in [-0.25, -0.2) is 19.6 Å². The van der Waals surface area contributed by atoms with Gasteiger partial charge in [-0.1, -0.05) is 0 Å². The molecular weight excluding hydrogens is 436 g/mol. The molecule has 3 aromatic rings. The number of ether oxygens (including phenoxy) is 1. The fraction of sp³-hybridized carbons (Fsp3) is 0.400. The van der Waals surface area contributed by atoms with E-state index in [1.54, 1.807) is 46.0 Å². The Labute approximate surface area is 197 Å². The van der Waals surface area contributed by atoms with Crippen LogP contribution < -0.4 is 15.7 Å². The Bertz CT molecular complexity index is 1350. The molecule has 1 N–H and O–H groups in total. The Morgan fingerprint density at radius 3 is 2.56 bits per heavy atom. The van der Waals surface area contributed by atoms with Crippen LogP contribution in [0.3, 0.4) is 0 Å². The van der Waals surface area contributed by atoms with E-state index in [0.717, 1.165) is 39.9 Å². The second-order valence-electron chi connectivity index (χ2n) is 9.52. The van der Waals surface area contributed by atoms with Crippen molar-refractivity contribution in [1.82, 2.24) is 14.7 Å². The molecule has 0 amide bonds. The summed E-state index contributed by atoms with van der Waals surface area (Å²) in [5.74, 6) is -0.690. The lowest BCUT2D eigenvalue weighted by Gasteiger charge is -2.20. The Kier molecular flexibility index (Phi) is 5.89. The van der Waals surface area contributed by atoms with Crippen molar-refractivity contribution >= 4 is 28.5 Å². The fourth-order valence-corrected chi connectivity index (χ4v) is 4.22. The van der Waals surface area contributed by atoms with Crippen molar-refractivity contribution in [3.63, 3.8) is 0 Å². The number of carbonyl (C=O) groups is 2. The number of aromatic nitrogens is 3. The van der Waals surface area contributed by atoms with Crippen molar-refractivity contribution in [2.24, 2.45) is 5.41 Å². The van der Waals surface area contributed by atoms with E-state index in [2.05, 4.69) is 15.3 Å². The third-order valence-electron chi connectivity index (χ3n) is 6.00. The van der Waals surface area contributed by atoms with Crippen molar-refractivity contribution < 1.29 is 19.2 Å². The molecule has 1 aromatic carbocycles. The maximum absolute atomic E-state index is 13.4. The first-order valence-electron chi connectivity index (χ1n) is 11.1. The van der Waals surface area contributed by atoms with Crippen LogP contribution in [0.4, 0.5) is 5.69 Å². The number of benzene rings is 1. The minimum Gasteiger partial charge on any atom is -0.464 e. The average molecular weight is 465 g/mol. The highest BCUT2D eigenvalue weighted by Crippen LogP contribution is 2.38. The van der Waals surface area contributed by atoms with E-state index in [1.807, 2.05) is 13.0 Å². The summed E-state index contributed by atoms with van der Waals surface area (Å²) in [5, 5.41) is 3.88. The number of pyridine rings is 1. The number of nitrogens with zero attached hydrogens (tertiary/aromatic N) is 3. The molecule has 2 aromatic heterocycles. The van der Waals surface area contributed by atoms with E-state index in [4.69, 9.17) is 9.57 Å². The van der Waals surface area contributed by atoms with E-state index < -0.39 is 22.9 Å². The molecule has 1 unspecified atom stereocenters. The predicted molar refractivity (Wildman–Crippen MR) is 127 cm³/mol. The first-order valence-corrected chi connectivity index (χ1v) is 11.1. The molecule has 9 nitrogen and oxygen atoms in total. The van der Waals surface area contributed by atoms with E-state index in [0.29, 0.717) is 16.7 Å². The van der Waals surface area contributed by atoms with E-state index in [9.17, 15) is 14.4 Å². The minimum absolute atomic E-state index is 0.0449. The van der Waals surface area contributed by atoms with Crippen LogP contribution in [0.25, 0.3) is 10.9 Å². The van der Waals surface area contributed by atoms with Crippen LogP contribution in [-0.4, -0.2) is 33.7 Å². The maximum Gasteiger partial charge on any atom is 0.356 e. The second kappa shape index (κ2) is 8.55. The van der Waals surface area contributed by atoms with Gasteiger partial charge in [0.15, 0.2) is 0 Å². The second-order valence-corrected chi connectivity index (χ2v) is 9.52. The zero-order valence-electron chi connectivity index (χ0n) is 20.2. The molecule has 0 saturated carbocycles. The number of carbonyl (C=O) groups excluding carboxylic acids is 2. The van der Waals surface area contributed by atoms with Crippen LogP contribution in [0.5, 0.6) is 0 Å². The summed E-state index contributed by atoms with van der Waals surface area (Å²) in [6.07, 6.45) is 3.25. The van der Waals surface area contributed by atoms with Gasteiger partial charge in [0.25, 0.3) is 5.56 Å². The van der Waals surface area contributed by atoms with Gasteiger partial charge in [0.2, 0.25) is 0 Å². The molecule has 34 heavy (non-hydrogen) atoms. The number of methoxy groups -OCH3 is 1. The molecule has 0 radical (unpaired) electrons. The first kappa shape index (κ1) is 23.4. The highest BCUT2D eigenvalue weighted by Gasteiger charge is 2.29. The van der Waals surface area contributed by atoms with E-state index in [-0.39, 0.29) is 11.7 Å². The van der Waals surface area contributed by atoms with Crippen LogP contribution in [-0.2, 0) is 16.0 Å². The summed E-state index contributed by atoms with van der Waals surface area (Å²) >= 11 is 0. The van der Waals surface area contributed by atoms with E-state index in [1.165, 1.54) is 7.11 Å². The smallest absolute Gasteiger partial charge is 0.356 e. The van der Waals surface area contributed by atoms with Crippen LogP contribution in [0.2, 0.25) is 0 Å². The number of hydrogen-bond donors (Lipinski definition) is 1. The van der Waals surface area contributed by atoms with Gasteiger partial charge >= 0.3 is 11.9 Å². The van der Waals surface area contributed by atoms with Crippen LogP contribution in [0.1, 0.15) is 66.2 Å². The van der Waals surface area contributed by atoms with Crippen LogP contribution in [0.15, 0.2) is 29.2 Å². The number of anilines is 1. The van der Waals surface area contributed by atoms with Gasteiger partial charge in [0.05, 0.1) is 41.4 Å². The number of esters is 1. The Balaban J connectivity index is 1.73. The molecule has 0 aliphatic heterocycles. The molecule has 0 saturated heterocycles. The Morgan fingerprint density at radius 1 is 1.21 bits per heavy atom. The van der Waals surface area contributed by atoms with Gasteiger partial charge < -0.3 is 14.9 Å².